The largest absolute Gasteiger partial charge is 0.330 e. The van der Waals surface area contributed by atoms with Gasteiger partial charge in [-0.15, -0.1) is 0 Å². The molecule has 3 nitrogen and oxygen atoms in total. The number of benzene rings is 9. The summed E-state index contributed by atoms with van der Waals surface area (Å²) in [4.78, 5) is 8.28. The Morgan fingerprint density at radius 3 is 1.47 bits per heavy atom. The first kappa shape index (κ1) is 56.3. The molecule has 9 aromatic carbocycles. The van der Waals surface area contributed by atoms with Crippen molar-refractivity contribution >= 4 is 68.6 Å². The molecule has 0 saturated carbocycles. The van der Waals surface area contributed by atoms with Gasteiger partial charge in [-0.05, 0) is 206 Å². The zero-order chi connectivity index (χ0) is 60.6. The second-order valence-electron chi connectivity index (χ2n) is 31.3. The third-order valence-corrected chi connectivity index (χ3v) is 21.7. The normalized spacial score (nSPS) is 19.7. The molecule has 0 spiro atoms. The molecule has 0 amide bonds. The zero-order valence-electron chi connectivity index (χ0n) is 54.5. The third kappa shape index (κ3) is 8.34. The second kappa shape index (κ2) is 19.0. The van der Waals surface area contributed by atoms with E-state index in [-0.39, 0.29) is 44.7 Å². The Morgan fingerprint density at radius 1 is 0.407 bits per heavy atom. The Kier molecular flexibility index (Phi) is 12.4. The van der Waals surface area contributed by atoms with E-state index in [9.17, 15) is 0 Å². The molecule has 2 atom stereocenters. The molecule has 14 rings (SSSR count). The predicted molar refractivity (Wildman–Crippen MR) is 370 cm³/mol. The smallest absolute Gasteiger partial charge is 0.252 e. The highest BCUT2D eigenvalue weighted by atomic mass is 15.3. The molecule has 86 heavy (non-hydrogen) atoms. The lowest BCUT2D eigenvalue weighted by atomic mass is 9.33. The van der Waals surface area contributed by atoms with E-state index in [1.807, 2.05) is 0 Å². The van der Waals surface area contributed by atoms with Crippen LogP contribution in [0.15, 0.2) is 176 Å². The number of nitrogens with zero attached hydrogens (tertiary/aromatic N) is 3. The summed E-state index contributed by atoms with van der Waals surface area (Å²) >= 11 is 0. The van der Waals surface area contributed by atoms with Crippen LogP contribution in [0.4, 0.5) is 45.5 Å². The van der Waals surface area contributed by atoms with Crippen molar-refractivity contribution in [2.24, 2.45) is 0 Å². The first-order valence-electron chi connectivity index (χ1n) is 32.1. The molecule has 9 aromatic rings. The average Bonchev–Trinajstić information content (AvgIpc) is 1.31. The number of fused-ring (bicyclic) bond motifs is 10. The lowest BCUT2D eigenvalue weighted by molar-refractivity contribution is 0.245. The molecular formula is C82H88BN3. The van der Waals surface area contributed by atoms with Crippen LogP contribution in [-0.2, 0) is 44.4 Å². The second-order valence-corrected chi connectivity index (χ2v) is 31.3. The molecule has 0 saturated heterocycles. The van der Waals surface area contributed by atoms with Gasteiger partial charge in [-0.25, -0.2) is 0 Å². The molecule has 434 valence electrons. The molecule has 0 radical (unpaired) electrons. The number of rotatable bonds is 5. The van der Waals surface area contributed by atoms with Crippen LogP contribution in [0, 0.1) is 13.8 Å². The van der Waals surface area contributed by atoms with Gasteiger partial charge in [0.05, 0.1) is 16.9 Å². The fourth-order valence-electron chi connectivity index (χ4n) is 16.4. The molecule has 5 aliphatic rings. The highest BCUT2D eigenvalue weighted by molar-refractivity contribution is 7.00. The Labute approximate surface area is 515 Å². The number of anilines is 8. The number of hydrogen-bond donors (Lipinski definition) is 0. The van der Waals surface area contributed by atoms with Gasteiger partial charge in [-0.1, -0.05) is 224 Å². The maximum Gasteiger partial charge on any atom is 0.252 e. The number of aryl methyl sites for hydroxylation is 3. The molecule has 0 aromatic heterocycles. The standard InChI is InChI=1S/C82H88BN3/c1-51-42-52(2)75-65(43-51)81(16)39-38-55-30-24-25-31-62(55)82(81,17)86(75)59-34-35-66-70(48-59)84(68-36-32-56(76(3,4)5)44-60(68)53-26-20-18-21-27-53)72-46-58(78(9,10)11)47-73-74(72)83(66)67-49-63-64(80(14,15)41-40-79(63,12)13)50-71(67)85(73)69-37-33-57(77(6,7)8)45-61(69)54-28-22-19-23-29-54/h18-37,42-50H,38-41H2,1-17H3. The van der Waals surface area contributed by atoms with Crippen LogP contribution in [0.3, 0.4) is 0 Å². The molecule has 2 aliphatic carbocycles. The van der Waals surface area contributed by atoms with E-state index in [0.717, 1.165) is 25.7 Å². The van der Waals surface area contributed by atoms with Crippen molar-refractivity contribution in [3.63, 3.8) is 0 Å². The summed E-state index contributed by atoms with van der Waals surface area (Å²) in [5, 5.41) is 0. The van der Waals surface area contributed by atoms with E-state index in [2.05, 4.69) is 308 Å². The summed E-state index contributed by atoms with van der Waals surface area (Å²) in [5.74, 6) is 0. The van der Waals surface area contributed by atoms with Crippen LogP contribution in [0.2, 0.25) is 0 Å². The quantitative estimate of drug-likeness (QED) is 0.159. The van der Waals surface area contributed by atoms with Gasteiger partial charge in [-0.2, -0.15) is 0 Å². The van der Waals surface area contributed by atoms with Gasteiger partial charge >= 0.3 is 0 Å². The molecule has 0 N–H and O–H groups in total. The molecular weight excluding hydrogens is 1040 g/mol. The van der Waals surface area contributed by atoms with Gasteiger partial charge in [0.2, 0.25) is 0 Å². The Bertz CT molecular complexity index is 4260. The topological polar surface area (TPSA) is 9.72 Å². The van der Waals surface area contributed by atoms with Crippen molar-refractivity contribution in [3.05, 3.63) is 232 Å². The fraction of sp³-hybridized carbons (Fsp3) is 0.341. The Morgan fingerprint density at radius 2 is 0.919 bits per heavy atom. The van der Waals surface area contributed by atoms with Gasteiger partial charge in [0.1, 0.15) is 0 Å². The van der Waals surface area contributed by atoms with E-state index < -0.39 is 0 Å². The summed E-state index contributed by atoms with van der Waals surface area (Å²) < 4.78 is 0. The Hall–Kier alpha value is -7.56. The molecule has 0 fully saturated rings. The maximum absolute atomic E-state index is 2.81. The SMILES string of the molecule is Cc1cc(C)c2c(c1)C1(C)CCc3ccccc3C1(C)N2c1ccc2c(c1)N(c1ccc(C(C)(C)C)cc1-c1ccccc1)c1cc(C(C)(C)C)cc3c1B2c1cc2c(cc1N3c1ccc(C(C)(C)C)cc1-c1ccccc1)C(C)(C)CCC2(C)C. The van der Waals surface area contributed by atoms with Crippen LogP contribution < -0.4 is 31.1 Å². The summed E-state index contributed by atoms with van der Waals surface area (Å²) in [6.45, 7) is 41.1. The monoisotopic (exact) mass is 1130 g/mol. The van der Waals surface area contributed by atoms with E-state index in [1.165, 1.54) is 140 Å². The summed E-state index contributed by atoms with van der Waals surface area (Å²) in [6.07, 6.45) is 4.42. The van der Waals surface area contributed by atoms with E-state index in [0.29, 0.717) is 0 Å². The summed E-state index contributed by atoms with van der Waals surface area (Å²) in [7, 11) is 0. The number of hydrogen-bond acceptors (Lipinski definition) is 3. The molecule has 3 aliphatic heterocycles. The highest BCUT2D eigenvalue weighted by Gasteiger charge is 2.61. The Balaban J connectivity index is 1.14. The van der Waals surface area contributed by atoms with Crippen LogP contribution in [0.25, 0.3) is 22.3 Å². The first-order valence-corrected chi connectivity index (χ1v) is 32.1. The molecule has 3 heterocycles. The van der Waals surface area contributed by atoms with Gasteiger partial charge in [0.25, 0.3) is 6.71 Å². The minimum atomic E-state index is -0.376. The minimum Gasteiger partial charge on any atom is -0.330 e. The molecule has 4 heteroatoms. The maximum atomic E-state index is 2.81. The third-order valence-electron chi connectivity index (χ3n) is 21.7. The van der Waals surface area contributed by atoms with Crippen LogP contribution in [0.5, 0.6) is 0 Å². The highest BCUT2D eigenvalue weighted by Crippen LogP contribution is 2.65. The van der Waals surface area contributed by atoms with Crippen LogP contribution in [-0.4, -0.2) is 6.71 Å². The van der Waals surface area contributed by atoms with Crippen LogP contribution in [0.1, 0.15) is 179 Å². The average molecular weight is 1130 g/mol. The first-order chi connectivity index (χ1) is 40.6. The van der Waals surface area contributed by atoms with Crippen LogP contribution >= 0.6 is 0 Å². The van der Waals surface area contributed by atoms with E-state index >= 15 is 0 Å². The van der Waals surface area contributed by atoms with E-state index in [1.54, 1.807) is 0 Å². The van der Waals surface area contributed by atoms with Crippen molar-refractivity contribution < 1.29 is 0 Å². The van der Waals surface area contributed by atoms with Gasteiger partial charge in [0.15, 0.2) is 0 Å². The van der Waals surface area contributed by atoms with Crippen molar-refractivity contribution in [1.82, 2.24) is 0 Å². The predicted octanol–water partition coefficient (Wildman–Crippen LogP) is 20.2. The fourth-order valence-corrected chi connectivity index (χ4v) is 16.4. The van der Waals surface area contributed by atoms with Gasteiger partial charge < -0.3 is 14.7 Å². The summed E-state index contributed by atoms with van der Waals surface area (Å²) in [5.41, 5.74) is 32.1. The van der Waals surface area contributed by atoms with Crippen molar-refractivity contribution in [3.8, 4) is 22.3 Å². The lowest BCUT2D eigenvalue weighted by Gasteiger charge is -2.51. The molecule has 2 unspecified atom stereocenters. The minimum absolute atomic E-state index is 0.0159. The van der Waals surface area contributed by atoms with E-state index in [4.69, 9.17) is 0 Å². The van der Waals surface area contributed by atoms with Gasteiger partial charge in [0, 0.05) is 50.7 Å². The zero-order valence-corrected chi connectivity index (χ0v) is 54.5. The lowest BCUT2D eigenvalue weighted by Crippen LogP contribution is -2.62. The van der Waals surface area contributed by atoms with Crippen molar-refractivity contribution in [2.75, 3.05) is 14.7 Å². The van der Waals surface area contributed by atoms with Crippen molar-refractivity contribution in [1.29, 1.82) is 0 Å². The van der Waals surface area contributed by atoms with Crippen molar-refractivity contribution in [2.45, 2.75) is 181 Å². The molecule has 0 bridgehead atoms. The summed E-state index contributed by atoms with van der Waals surface area (Å²) in [6, 6.07) is 69.9. The van der Waals surface area contributed by atoms with Gasteiger partial charge in [-0.3, -0.25) is 0 Å².